The van der Waals surface area contributed by atoms with Gasteiger partial charge < -0.3 is 10.6 Å². The Kier molecular flexibility index (Phi) is 11.4. The van der Waals surface area contributed by atoms with Crippen molar-refractivity contribution in [1.29, 1.82) is 5.41 Å². The predicted octanol–water partition coefficient (Wildman–Crippen LogP) is 2.07. The molecule has 4 heteroatoms. The lowest BCUT2D eigenvalue weighted by molar-refractivity contribution is 0.412. The first-order chi connectivity index (χ1) is 7.65. The van der Waals surface area contributed by atoms with Crippen molar-refractivity contribution in [2.24, 2.45) is 0 Å². The summed E-state index contributed by atoms with van der Waals surface area (Å²) in [7, 11) is 1.55. The zero-order valence-electron chi connectivity index (χ0n) is 10.2. The minimum absolute atomic E-state index is 0.222. The van der Waals surface area contributed by atoms with Gasteiger partial charge in [-0.2, -0.15) is 0 Å². The zero-order chi connectivity index (χ0) is 13.0. The first-order valence-corrected chi connectivity index (χ1v) is 4.95. The molecule has 4 nitrogen and oxygen atoms in total. The van der Waals surface area contributed by atoms with Gasteiger partial charge in [0.15, 0.2) is 0 Å². The van der Waals surface area contributed by atoms with E-state index in [9.17, 15) is 0 Å². The van der Waals surface area contributed by atoms with Gasteiger partial charge in [-0.1, -0.05) is 39.2 Å². The SMILES string of the molecule is C=CC=C.CC.COc1ccn(N)c(=N)c1. The summed E-state index contributed by atoms with van der Waals surface area (Å²) in [4.78, 5) is 0. The third-order valence-electron chi connectivity index (χ3n) is 1.36. The number of ether oxygens (including phenoxy) is 1. The molecule has 0 unspecified atom stereocenters. The highest BCUT2D eigenvalue weighted by Gasteiger charge is 1.89. The van der Waals surface area contributed by atoms with Crippen molar-refractivity contribution in [1.82, 2.24) is 4.68 Å². The first kappa shape index (κ1) is 16.5. The Morgan fingerprint density at radius 2 is 1.88 bits per heavy atom. The number of aromatic nitrogens is 1. The number of nitrogens with zero attached hydrogens (tertiary/aromatic N) is 1. The molecule has 0 radical (unpaired) electrons. The fourth-order valence-corrected chi connectivity index (χ4v) is 0.618. The van der Waals surface area contributed by atoms with Crippen LogP contribution in [0.1, 0.15) is 13.8 Å². The number of rotatable bonds is 2. The lowest BCUT2D eigenvalue weighted by atomic mass is 10.4. The number of hydrogen-bond donors (Lipinski definition) is 2. The molecule has 0 aromatic carbocycles. The number of hydrogen-bond acceptors (Lipinski definition) is 3. The fourth-order valence-electron chi connectivity index (χ4n) is 0.618. The molecule has 3 N–H and O–H groups in total. The molecule has 0 aliphatic rings. The van der Waals surface area contributed by atoms with Crippen LogP contribution in [0.25, 0.3) is 0 Å². The number of nitrogens with one attached hydrogen (secondary N) is 1. The lowest BCUT2D eigenvalue weighted by Gasteiger charge is -2.00. The monoisotopic (exact) mass is 223 g/mol. The van der Waals surface area contributed by atoms with E-state index in [0.717, 1.165) is 0 Å². The molecule has 1 aromatic heterocycles. The second-order valence-corrected chi connectivity index (χ2v) is 2.33. The van der Waals surface area contributed by atoms with Crippen LogP contribution in [0.15, 0.2) is 43.6 Å². The average Bonchev–Trinajstić information content (AvgIpc) is 2.35. The van der Waals surface area contributed by atoms with E-state index in [4.69, 9.17) is 16.0 Å². The van der Waals surface area contributed by atoms with Gasteiger partial charge >= 0.3 is 0 Å². The summed E-state index contributed by atoms with van der Waals surface area (Å²) in [5, 5.41) is 7.22. The minimum atomic E-state index is 0.222. The van der Waals surface area contributed by atoms with Gasteiger partial charge in [-0.3, -0.25) is 10.1 Å². The summed E-state index contributed by atoms with van der Waals surface area (Å²) in [5.41, 5.74) is 0.222. The number of nitrogen functional groups attached to an aromatic ring is 1. The Bertz CT molecular complexity index is 350. The van der Waals surface area contributed by atoms with Crippen LogP contribution < -0.4 is 16.1 Å². The summed E-state index contributed by atoms with van der Waals surface area (Å²) >= 11 is 0. The van der Waals surface area contributed by atoms with Crippen LogP contribution in [-0.2, 0) is 0 Å². The Morgan fingerprint density at radius 3 is 2.19 bits per heavy atom. The number of pyridine rings is 1. The molecule has 1 rings (SSSR count). The van der Waals surface area contributed by atoms with E-state index in [1.807, 2.05) is 13.8 Å². The van der Waals surface area contributed by atoms with Gasteiger partial charge in [-0.05, 0) is 6.07 Å². The molecule has 0 fully saturated rings. The van der Waals surface area contributed by atoms with Crippen molar-refractivity contribution in [3.8, 4) is 5.75 Å². The number of methoxy groups -OCH3 is 1. The molecule has 1 aromatic rings. The second-order valence-electron chi connectivity index (χ2n) is 2.33. The van der Waals surface area contributed by atoms with E-state index in [1.165, 1.54) is 4.68 Å². The molecule has 1 heterocycles. The highest BCUT2D eigenvalue weighted by Crippen LogP contribution is 2.01. The maximum Gasteiger partial charge on any atom is 0.146 e. The van der Waals surface area contributed by atoms with Crippen LogP contribution in [0.2, 0.25) is 0 Å². The molecule has 0 aliphatic carbocycles. The second kappa shape index (κ2) is 11.1. The maximum atomic E-state index is 7.22. The molecule has 90 valence electrons. The molecule has 0 aliphatic heterocycles. The summed E-state index contributed by atoms with van der Waals surface area (Å²) in [6.07, 6.45) is 4.85. The highest BCUT2D eigenvalue weighted by molar-refractivity contribution is 5.16. The van der Waals surface area contributed by atoms with Gasteiger partial charge in [-0.15, -0.1) is 0 Å². The molecule has 16 heavy (non-hydrogen) atoms. The Hall–Kier alpha value is -1.97. The first-order valence-electron chi connectivity index (χ1n) is 4.95. The molecule has 0 atom stereocenters. The molecular weight excluding hydrogens is 202 g/mol. The van der Waals surface area contributed by atoms with Gasteiger partial charge in [0.25, 0.3) is 0 Å². The van der Waals surface area contributed by atoms with Crippen molar-refractivity contribution in [3.63, 3.8) is 0 Å². The van der Waals surface area contributed by atoms with Crippen molar-refractivity contribution < 1.29 is 4.74 Å². The average molecular weight is 223 g/mol. The third kappa shape index (κ3) is 7.44. The van der Waals surface area contributed by atoms with Gasteiger partial charge in [-0.25, -0.2) is 0 Å². The van der Waals surface area contributed by atoms with Crippen molar-refractivity contribution in [2.45, 2.75) is 13.8 Å². The van der Waals surface area contributed by atoms with Crippen LogP contribution in [0.4, 0.5) is 0 Å². The Balaban J connectivity index is 0. The van der Waals surface area contributed by atoms with Crippen molar-refractivity contribution >= 4 is 0 Å². The zero-order valence-corrected chi connectivity index (χ0v) is 10.2. The van der Waals surface area contributed by atoms with Crippen LogP contribution in [-0.4, -0.2) is 11.8 Å². The molecular formula is C12H21N3O. The molecule has 0 amide bonds. The van der Waals surface area contributed by atoms with Crippen molar-refractivity contribution in [3.05, 3.63) is 49.1 Å². The quantitative estimate of drug-likeness (QED) is 0.595. The Labute approximate surface area is 97.2 Å². The van der Waals surface area contributed by atoms with E-state index in [0.29, 0.717) is 5.75 Å². The Morgan fingerprint density at radius 1 is 1.38 bits per heavy atom. The van der Waals surface area contributed by atoms with E-state index >= 15 is 0 Å². The summed E-state index contributed by atoms with van der Waals surface area (Å²) in [5.74, 6) is 5.96. The number of allylic oxidation sites excluding steroid dienone is 2. The summed E-state index contributed by atoms with van der Waals surface area (Å²) in [6, 6.07) is 3.23. The number of nitrogens with two attached hydrogens (primary N) is 1. The minimum Gasteiger partial charge on any atom is -0.497 e. The van der Waals surface area contributed by atoms with Crippen molar-refractivity contribution in [2.75, 3.05) is 13.0 Å². The van der Waals surface area contributed by atoms with Crippen LogP contribution in [0.3, 0.4) is 0 Å². The highest BCUT2D eigenvalue weighted by atomic mass is 16.5. The summed E-state index contributed by atoms with van der Waals surface area (Å²) < 4.78 is 6.07. The smallest absolute Gasteiger partial charge is 0.146 e. The summed E-state index contributed by atoms with van der Waals surface area (Å²) in [6.45, 7) is 10.7. The van der Waals surface area contributed by atoms with E-state index in [2.05, 4.69) is 13.2 Å². The van der Waals surface area contributed by atoms with Crippen LogP contribution >= 0.6 is 0 Å². The van der Waals surface area contributed by atoms with Gasteiger partial charge in [0.2, 0.25) is 0 Å². The van der Waals surface area contributed by atoms with E-state index in [1.54, 1.807) is 37.6 Å². The van der Waals surface area contributed by atoms with Gasteiger partial charge in [0.1, 0.15) is 11.2 Å². The van der Waals surface area contributed by atoms with Crippen LogP contribution in [0, 0.1) is 5.41 Å². The molecule has 0 bridgehead atoms. The van der Waals surface area contributed by atoms with Crippen LogP contribution in [0.5, 0.6) is 5.75 Å². The lowest BCUT2D eigenvalue weighted by Crippen LogP contribution is -2.25. The largest absolute Gasteiger partial charge is 0.497 e. The van der Waals surface area contributed by atoms with E-state index < -0.39 is 0 Å². The fraction of sp³-hybridized carbons (Fsp3) is 0.250. The van der Waals surface area contributed by atoms with Gasteiger partial charge in [0.05, 0.1) is 7.11 Å². The molecule has 0 saturated heterocycles. The maximum absolute atomic E-state index is 7.22. The predicted molar refractivity (Wildman–Crippen MR) is 68.7 cm³/mol. The third-order valence-corrected chi connectivity index (χ3v) is 1.36. The van der Waals surface area contributed by atoms with Gasteiger partial charge in [0, 0.05) is 12.3 Å². The topological polar surface area (TPSA) is 64.0 Å². The van der Waals surface area contributed by atoms with E-state index in [-0.39, 0.29) is 5.49 Å². The molecule has 0 saturated carbocycles. The standard InChI is InChI=1S/C6H9N3O.C4H6.C2H6/c1-10-5-2-3-9(8)6(7)4-5;1-3-4-2;1-2/h2-4,7H,8H2,1H3;3-4H,1-2H2;1-2H3. The normalized spacial score (nSPS) is 7.44. The molecule has 0 spiro atoms.